The molecule has 2 N–H and O–H groups in total. The first-order valence-corrected chi connectivity index (χ1v) is 7.82. The van der Waals surface area contributed by atoms with Gasteiger partial charge in [0.2, 0.25) is 5.91 Å². The van der Waals surface area contributed by atoms with E-state index in [0.29, 0.717) is 6.42 Å². The molecule has 0 aliphatic heterocycles. The summed E-state index contributed by atoms with van der Waals surface area (Å²) in [5, 5.41) is 6.27. The lowest BCUT2D eigenvalue weighted by Gasteiger charge is -2.12. The standard InChI is InChI=1S/C17H19BrN2O/c1-2-19-12-14-8-4-6-10-16(14)20-17(21)11-13-7-3-5-9-15(13)18/h3-10,19H,2,11-12H2,1H3,(H,20,21). The molecule has 0 aliphatic rings. The van der Waals surface area contributed by atoms with Gasteiger partial charge in [0.25, 0.3) is 0 Å². The molecule has 0 spiro atoms. The van der Waals surface area contributed by atoms with E-state index in [2.05, 4.69) is 33.5 Å². The second-order valence-electron chi connectivity index (χ2n) is 4.75. The highest BCUT2D eigenvalue weighted by Gasteiger charge is 2.09. The number of nitrogens with one attached hydrogen (secondary N) is 2. The Balaban J connectivity index is 2.04. The lowest BCUT2D eigenvalue weighted by molar-refractivity contribution is -0.115. The highest BCUT2D eigenvalue weighted by molar-refractivity contribution is 9.10. The summed E-state index contributed by atoms with van der Waals surface area (Å²) in [6.07, 6.45) is 0.358. The third-order valence-corrected chi connectivity index (χ3v) is 3.94. The molecule has 4 heteroatoms. The summed E-state index contributed by atoms with van der Waals surface area (Å²) in [5.41, 5.74) is 2.95. The molecular formula is C17H19BrN2O. The second kappa shape index (κ2) is 7.96. The van der Waals surface area contributed by atoms with Crippen LogP contribution in [0.25, 0.3) is 0 Å². The monoisotopic (exact) mass is 346 g/mol. The topological polar surface area (TPSA) is 41.1 Å². The number of halogens is 1. The van der Waals surface area contributed by atoms with Crippen LogP contribution >= 0.6 is 15.9 Å². The van der Waals surface area contributed by atoms with Crippen LogP contribution in [0, 0.1) is 0 Å². The molecule has 0 heterocycles. The molecule has 0 aliphatic carbocycles. The number of rotatable bonds is 6. The van der Waals surface area contributed by atoms with Gasteiger partial charge in [-0.1, -0.05) is 59.3 Å². The minimum atomic E-state index is -0.00847. The number of carbonyl (C=O) groups excluding carboxylic acids is 1. The van der Waals surface area contributed by atoms with Crippen LogP contribution in [-0.2, 0) is 17.8 Å². The van der Waals surface area contributed by atoms with Gasteiger partial charge >= 0.3 is 0 Å². The summed E-state index contributed by atoms with van der Waals surface area (Å²) in [7, 11) is 0. The van der Waals surface area contributed by atoms with Crippen LogP contribution in [0.2, 0.25) is 0 Å². The van der Waals surface area contributed by atoms with E-state index in [-0.39, 0.29) is 5.91 Å². The maximum Gasteiger partial charge on any atom is 0.228 e. The number of hydrogen-bond acceptors (Lipinski definition) is 2. The Morgan fingerprint density at radius 1 is 1.05 bits per heavy atom. The van der Waals surface area contributed by atoms with Crippen molar-refractivity contribution in [2.24, 2.45) is 0 Å². The van der Waals surface area contributed by atoms with E-state index in [0.717, 1.165) is 34.4 Å². The molecule has 0 saturated carbocycles. The van der Waals surface area contributed by atoms with E-state index in [4.69, 9.17) is 0 Å². The maximum absolute atomic E-state index is 12.2. The van der Waals surface area contributed by atoms with Gasteiger partial charge in [-0.25, -0.2) is 0 Å². The molecule has 1 amide bonds. The third kappa shape index (κ3) is 4.69. The van der Waals surface area contributed by atoms with Crippen LogP contribution in [0.3, 0.4) is 0 Å². The van der Waals surface area contributed by atoms with Gasteiger partial charge in [-0.3, -0.25) is 4.79 Å². The summed E-state index contributed by atoms with van der Waals surface area (Å²) in [4.78, 5) is 12.2. The van der Waals surface area contributed by atoms with Gasteiger partial charge in [-0.05, 0) is 29.8 Å². The Bertz CT molecular complexity index is 613. The van der Waals surface area contributed by atoms with Crippen LogP contribution in [0.5, 0.6) is 0 Å². The molecule has 0 bridgehead atoms. The van der Waals surface area contributed by atoms with Crippen LogP contribution in [0.15, 0.2) is 53.0 Å². The number of hydrogen-bond donors (Lipinski definition) is 2. The van der Waals surface area contributed by atoms with Gasteiger partial charge in [0.1, 0.15) is 0 Å². The van der Waals surface area contributed by atoms with E-state index in [1.807, 2.05) is 48.5 Å². The van der Waals surface area contributed by atoms with Crippen molar-refractivity contribution in [2.45, 2.75) is 19.9 Å². The van der Waals surface area contributed by atoms with E-state index in [9.17, 15) is 4.79 Å². The van der Waals surface area contributed by atoms with Gasteiger partial charge in [0.15, 0.2) is 0 Å². The molecule has 0 fully saturated rings. The Hall–Kier alpha value is -1.65. The van der Waals surface area contributed by atoms with Crippen molar-refractivity contribution in [2.75, 3.05) is 11.9 Å². The fourth-order valence-corrected chi connectivity index (χ4v) is 2.49. The van der Waals surface area contributed by atoms with Crippen molar-refractivity contribution in [3.05, 3.63) is 64.1 Å². The highest BCUT2D eigenvalue weighted by atomic mass is 79.9. The van der Waals surface area contributed by atoms with Gasteiger partial charge in [-0.2, -0.15) is 0 Å². The minimum Gasteiger partial charge on any atom is -0.325 e. The Kier molecular flexibility index (Phi) is 5.96. The summed E-state index contributed by atoms with van der Waals surface area (Å²) in [6, 6.07) is 15.7. The molecule has 2 rings (SSSR count). The predicted molar refractivity (Wildman–Crippen MR) is 90.3 cm³/mol. The van der Waals surface area contributed by atoms with Crippen molar-refractivity contribution < 1.29 is 4.79 Å². The Morgan fingerprint density at radius 3 is 2.43 bits per heavy atom. The predicted octanol–water partition coefficient (Wildman–Crippen LogP) is 3.74. The van der Waals surface area contributed by atoms with E-state index < -0.39 is 0 Å². The quantitative estimate of drug-likeness (QED) is 0.836. The molecule has 110 valence electrons. The number of amides is 1. The SMILES string of the molecule is CCNCc1ccccc1NC(=O)Cc1ccccc1Br. The average molecular weight is 347 g/mol. The molecule has 2 aromatic carbocycles. The first-order chi connectivity index (χ1) is 10.2. The van der Waals surface area contributed by atoms with Gasteiger partial charge < -0.3 is 10.6 Å². The second-order valence-corrected chi connectivity index (χ2v) is 5.61. The first kappa shape index (κ1) is 15.7. The largest absolute Gasteiger partial charge is 0.325 e. The molecule has 21 heavy (non-hydrogen) atoms. The zero-order valence-electron chi connectivity index (χ0n) is 12.0. The van der Waals surface area contributed by atoms with Gasteiger partial charge in [0.05, 0.1) is 6.42 Å². The zero-order valence-corrected chi connectivity index (χ0v) is 13.6. The van der Waals surface area contributed by atoms with Crippen molar-refractivity contribution >= 4 is 27.5 Å². The number of para-hydroxylation sites is 1. The van der Waals surface area contributed by atoms with Crippen LogP contribution in [-0.4, -0.2) is 12.5 Å². The normalized spacial score (nSPS) is 10.4. The highest BCUT2D eigenvalue weighted by Crippen LogP contribution is 2.18. The summed E-state index contributed by atoms with van der Waals surface area (Å²) in [5.74, 6) is -0.00847. The van der Waals surface area contributed by atoms with Crippen LogP contribution in [0.1, 0.15) is 18.1 Å². The molecular weight excluding hydrogens is 328 g/mol. The smallest absolute Gasteiger partial charge is 0.228 e. The molecule has 0 radical (unpaired) electrons. The molecule has 0 atom stereocenters. The van der Waals surface area contributed by atoms with Gasteiger partial charge in [-0.15, -0.1) is 0 Å². The van der Waals surface area contributed by atoms with E-state index in [1.54, 1.807) is 0 Å². The van der Waals surface area contributed by atoms with Crippen LogP contribution < -0.4 is 10.6 Å². The minimum absolute atomic E-state index is 0.00847. The summed E-state index contributed by atoms with van der Waals surface area (Å²) < 4.78 is 0.959. The van der Waals surface area contributed by atoms with Crippen molar-refractivity contribution in [1.29, 1.82) is 0 Å². The number of anilines is 1. The number of carbonyl (C=O) groups is 1. The zero-order chi connectivity index (χ0) is 15.1. The fourth-order valence-electron chi connectivity index (χ4n) is 2.07. The average Bonchev–Trinajstić information content (AvgIpc) is 2.49. The van der Waals surface area contributed by atoms with Crippen LogP contribution in [0.4, 0.5) is 5.69 Å². The Labute approximate surface area is 133 Å². The first-order valence-electron chi connectivity index (χ1n) is 7.02. The fraction of sp³-hybridized carbons (Fsp3) is 0.235. The summed E-state index contributed by atoms with van der Waals surface area (Å²) in [6.45, 7) is 3.72. The molecule has 2 aromatic rings. The van der Waals surface area contributed by atoms with Crippen molar-refractivity contribution in [3.63, 3.8) is 0 Å². The molecule has 0 unspecified atom stereocenters. The lowest BCUT2D eigenvalue weighted by Crippen LogP contribution is -2.18. The van der Waals surface area contributed by atoms with E-state index in [1.165, 1.54) is 0 Å². The molecule has 3 nitrogen and oxygen atoms in total. The molecule has 0 aromatic heterocycles. The van der Waals surface area contributed by atoms with E-state index >= 15 is 0 Å². The lowest BCUT2D eigenvalue weighted by atomic mass is 10.1. The maximum atomic E-state index is 12.2. The third-order valence-electron chi connectivity index (χ3n) is 3.17. The van der Waals surface area contributed by atoms with Crippen molar-refractivity contribution in [3.8, 4) is 0 Å². The van der Waals surface area contributed by atoms with Gasteiger partial charge in [0, 0.05) is 16.7 Å². The summed E-state index contributed by atoms with van der Waals surface area (Å²) >= 11 is 3.47. The Morgan fingerprint density at radius 2 is 1.71 bits per heavy atom. The molecule has 0 saturated heterocycles. The van der Waals surface area contributed by atoms with Crippen molar-refractivity contribution in [1.82, 2.24) is 5.32 Å². The number of benzene rings is 2.